The van der Waals surface area contributed by atoms with E-state index in [4.69, 9.17) is 0 Å². The van der Waals surface area contributed by atoms with Gasteiger partial charge in [-0.1, -0.05) is 18.2 Å². The third kappa shape index (κ3) is 3.50. The van der Waals surface area contributed by atoms with Crippen molar-refractivity contribution >= 4 is 11.9 Å². The summed E-state index contributed by atoms with van der Waals surface area (Å²) >= 11 is 0. The number of pyridine rings is 3. The van der Waals surface area contributed by atoms with E-state index in [9.17, 15) is 19.8 Å². The number of rotatable bonds is 6. The zero-order valence-electron chi connectivity index (χ0n) is 19.4. The van der Waals surface area contributed by atoms with Gasteiger partial charge in [-0.2, -0.15) is 0 Å². The molecule has 180 valence electrons. The largest absolute Gasteiger partial charge is 0.481 e. The first-order chi connectivity index (χ1) is 16.9. The van der Waals surface area contributed by atoms with Crippen LogP contribution in [-0.2, 0) is 21.7 Å². The Morgan fingerprint density at radius 1 is 0.943 bits per heavy atom. The Kier molecular flexibility index (Phi) is 5.82. The van der Waals surface area contributed by atoms with E-state index in [1.165, 1.54) is 6.20 Å². The Morgan fingerprint density at radius 2 is 1.63 bits per heavy atom. The lowest BCUT2D eigenvalue weighted by atomic mass is 9.55. The monoisotopic (exact) mass is 473 g/mol. The molecule has 0 radical (unpaired) electrons. The Balaban J connectivity index is 1.85. The molecule has 35 heavy (non-hydrogen) atoms. The smallest absolute Gasteiger partial charge is 0.331 e. The van der Waals surface area contributed by atoms with Gasteiger partial charge >= 0.3 is 11.9 Å². The van der Waals surface area contributed by atoms with Gasteiger partial charge in [0.25, 0.3) is 0 Å². The van der Waals surface area contributed by atoms with Gasteiger partial charge in [-0.05, 0) is 55.8 Å². The van der Waals surface area contributed by atoms with Gasteiger partial charge in [-0.3, -0.25) is 24.6 Å². The predicted octanol–water partition coefficient (Wildman–Crippen LogP) is 2.43. The van der Waals surface area contributed by atoms with Crippen molar-refractivity contribution in [2.45, 2.75) is 24.5 Å². The van der Waals surface area contributed by atoms with Crippen LogP contribution < -0.4 is 0 Å². The summed E-state index contributed by atoms with van der Waals surface area (Å²) in [4.78, 5) is 44.0. The molecule has 0 spiro atoms. The molecule has 3 aromatic heterocycles. The van der Waals surface area contributed by atoms with Crippen molar-refractivity contribution in [1.29, 1.82) is 0 Å². The van der Waals surface area contributed by atoms with Gasteiger partial charge in [0.2, 0.25) is 0 Å². The minimum absolute atomic E-state index is 0.0787. The molecule has 0 aliphatic carbocycles. The zero-order valence-corrected chi connectivity index (χ0v) is 19.4. The summed E-state index contributed by atoms with van der Waals surface area (Å²) in [6.45, 7) is 0.822. The number of likely N-dealkylation sites (tertiary alicyclic amines) is 2. The second-order valence-corrected chi connectivity index (χ2v) is 9.43. The van der Waals surface area contributed by atoms with Gasteiger partial charge < -0.3 is 15.1 Å². The van der Waals surface area contributed by atoms with Crippen molar-refractivity contribution in [2.75, 3.05) is 20.1 Å². The molecule has 9 nitrogen and oxygen atoms in total. The highest BCUT2D eigenvalue weighted by Crippen LogP contribution is 2.60. The van der Waals surface area contributed by atoms with Crippen molar-refractivity contribution < 1.29 is 19.8 Å². The lowest BCUT2D eigenvalue weighted by Crippen LogP contribution is -2.75. The average molecular weight is 474 g/mol. The lowest BCUT2D eigenvalue weighted by molar-refractivity contribution is -0.217. The maximum Gasteiger partial charge on any atom is 0.331 e. The molecular formula is C26H27N5O4. The number of fused-ring (bicyclic) bond motifs is 2. The number of carbonyl (C=O) groups is 2. The Bertz CT molecular complexity index is 1210. The van der Waals surface area contributed by atoms with Gasteiger partial charge in [0, 0.05) is 38.2 Å². The van der Waals surface area contributed by atoms with Crippen LogP contribution in [0.4, 0.5) is 0 Å². The molecule has 2 N–H and O–H groups in total. The molecule has 4 unspecified atom stereocenters. The summed E-state index contributed by atoms with van der Waals surface area (Å²) in [6, 6.07) is 15.6. The van der Waals surface area contributed by atoms with Crippen LogP contribution in [-0.4, -0.2) is 67.0 Å². The second-order valence-electron chi connectivity index (χ2n) is 9.43. The minimum atomic E-state index is -1.97. The van der Waals surface area contributed by atoms with Crippen LogP contribution >= 0.6 is 0 Å². The van der Waals surface area contributed by atoms with E-state index in [2.05, 4.69) is 15.0 Å². The molecule has 5 heterocycles. The number of hydrogen-bond donors (Lipinski definition) is 2. The molecule has 5 rings (SSSR count). The molecule has 0 aromatic carbocycles. The van der Waals surface area contributed by atoms with Gasteiger partial charge in [-0.25, -0.2) is 4.79 Å². The standard InChI is InChI=1S/C26H27N5O4/c1-30-15-18-14-25(17-30,23(32)33)26(24(34)35,21-10-4-7-13-29-21)31(16-19-8-2-5-11-27-19)22(18)20-9-3-6-12-28-20/h2-13,18,22H,14-17H2,1H3,(H,32,33)(H,34,35). The van der Waals surface area contributed by atoms with Gasteiger partial charge in [-0.15, -0.1) is 0 Å². The van der Waals surface area contributed by atoms with E-state index in [1.54, 1.807) is 41.6 Å². The number of piperidine rings is 2. The van der Waals surface area contributed by atoms with Crippen molar-refractivity contribution in [3.8, 4) is 0 Å². The zero-order chi connectivity index (χ0) is 24.6. The van der Waals surface area contributed by atoms with E-state index < -0.39 is 28.9 Å². The van der Waals surface area contributed by atoms with Crippen molar-refractivity contribution in [2.24, 2.45) is 11.3 Å². The number of nitrogens with zero attached hydrogens (tertiary/aromatic N) is 5. The fourth-order valence-electron chi connectivity index (χ4n) is 6.26. The third-order valence-corrected chi connectivity index (χ3v) is 7.41. The van der Waals surface area contributed by atoms with Crippen LogP contribution in [0.15, 0.2) is 73.2 Å². The number of carboxylic acids is 2. The quantitative estimate of drug-likeness (QED) is 0.556. The summed E-state index contributed by atoms with van der Waals surface area (Å²) in [7, 11) is 1.85. The Labute approximate surface area is 203 Å². The SMILES string of the molecule is CN1CC2CC(C(=O)O)(C1)C(C(=O)O)(c1ccccn1)N(Cc1ccccn1)C2c1ccccn1. The van der Waals surface area contributed by atoms with Crippen molar-refractivity contribution in [3.05, 3.63) is 90.3 Å². The highest BCUT2D eigenvalue weighted by atomic mass is 16.4. The molecule has 2 saturated heterocycles. The number of carboxylic acid groups (broad SMARTS) is 2. The van der Waals surface area contributed by atoms with Gasteiger partial charge in [0.1, 0.15) is 5.41 Å². The maximum absolute atomic E-state index is 13.6. The van der Waals surface area contributed by atoms with Crippen molar-refractivity contribution in [3.63, 3.8) is 0 Å². The average Bonchev–Trinajstić information content (AvgIpc) is 2.85. The maximum atomic E-state index is 13.6. The summed E-state index contributed by atoms with van der Waals surface area (Å²) in [6.07, 6.45) is 5.04. The van der Waals surface area contributed by atoms with Crippen LogP contribution in [0, 0.1) is 11.3 Å². The normalized spacial score (nSPS) is 28.9. The van der Waals surface area contributed by atoms with E-state index in [0.29, 0.717) is 17.9 Å². The van der Waals surface area contributed by atoms with Crippen molar-refractivity contribution in [1.82, 2.24) is 24.8 Å². The molecule has 2 fully saturated rings. The first kappa shape index (κ1) is 23.1. The lowest BCUT2D eigenvalue weighted by Gasteiger charge is -2.62. The van der Waals surface area contributed by atoms with Crippen LogP contribution in [0.2, 0.25) is 0 Å². The molecule has 4 atom stereocenters. The van der Waals surface area contributed by atoms with Crippen LogP contribution in [0.1, 0.15) is 29.5 Å². The van der Waals surface area contributed by atoms with E-state index >= 15 is 0 Å². The first-order valence-electron chi connectivity index (χ1n) is 11.5. The topological polar surface area (TPSA) is 120 Å². The van der Waals surface area contributed by atoms with Crippen LogP contribution in [0.3, 0.4) is 0 Å². The number of hydrogen-bond acceptors (Lipinski definition) is 7. The molecule has 0 amide bonds. The summed E-state index contributed by atoms with van der Waals surface area (Å²) in [5.74, 6) is -2.56. The molecule has 9 heteroatoms. The van der Waals surface area contributed by atoms with Gasteiger partial charge in [0.15, 0.2) is 5.54 Å². The Morgan fingerprint density at radius 3 is 2.20 bits per heavy atom. The molecule has 2 aliphatic rings. The van der Waals surface area contributed by atoms with E-state index in [1.807, 2.05) is 42.3 Å². The Hall–Kier alpha value is -3.69. The van der Waals surface area contributed by atoms with Gasteiger partial charge in [0.05, 0.1) is 23.1 Å². The van der Waals surface area contributed by atoms with Crippen LogP contribution in [0.5, 0.6) is 0 Å². The van der Waals surface area contributed by atoms with E-state index in [0.717, 1.165) is 0 Å². The first-order valence-corrected chi connectivity index (χ1v) is 11.5. The summed E-state index contributed by atoms with van der Waals surface area (Å²) in [5.41, 5.74) is -2.08. The highest BCUT2D eigenvalue weighted by molar-refractivity contribution is 5.91. The fourth-order valence-corrected chi connectivity index (χ4v) is 6.26. The predicted molar refractivity (Wildman–Crippen MR) is 126 cm³/mol. The molecule has 2 bridgehead atoms. The summed E-state index contributed by atoms with van der Waals surface area (Å²) < 4.78 is 0. The second kappa shape index (κ2) is 8.83. The van der Waals surface area contributed by atoms with E-state index in [-0.39, 0.29) is 31.1 Å². The third-order valence-electron chi connectivity index (χ3n) is 7.41. The molecule has 3 aromatic rings. The fraction of sp³-hybridized carbons (Fsp3) is 0.346. The molecule has 2 aliphatic heterocycles. The van der Waals surface area contributed by atoms with Crippen LogP contribution in [0.25, 0.3) is 0 Å². The highest BCUT2D eigenvalue weighted by Gasteiger charge is 2.73. The molecule has 0 saturated carbocycles. The number of aliphatic carboxylic acids is 2. The number of aromatic nitrogens is 3. The summed E-state index contributed by atoms with van der Waals surface area (Å²) in [5, 5.41) is 21.8. The molecular weight excluding hydrogens is 446 g/mol. The minimum Gasteiger partial charge on any atom is -0.481 e.